The van der Waals surface area contributed by atoms with Crippen molar-refractivity contribution < 1.29 is 19.0 Å². The molecule has 3 aromatic rings. The number of hydrogen-bond donors (Lipinski definition) is 0. The van der Waals surface area contributed by atoms with Crippen molar-refractivity contribution in [3.8, 4) is 17.2 Å². The number of carbonyl (C=O) groups excluding carboxylic acids is 1. The fourth-order valence-electron chi connectivity index (χ4n) is 2.64. The zero-order valence-electron chi connectivity index (χ0n) is 15.3. The number of nitrogens with zero attached hydrogens (tertiary/aromatic N) is 2. The summed E-state index contributed by atoms with van der Waals surface area (Å²) in [5.74, 6) is 0.891. The lowest BCUT2D eigenvalue weighted by molar-refractivity contribution is 0.0997. The Morgan fingerprint density at radius 2 is 1.70 bits per heavy atom. The van der Waals surface area contributed by atoms with Crippen LogP contribution in [0.1, 0.15) is 15.9 Å². The third kappa shape index (κ3) is 4.20. The van der Waals surface area contributed by atoms with Crippen molar-refractivity contribution in [1.82, 2.24) is 4.57 Å². The van der Waals surface area contributed by atoms with Gasteiger partial charge in [-0.2, -0.15) is 4.99 Å². The average Bonchev–Trinajstić information content (AvgIpc) is 3.13. The minimum Gasteiger partial charge on any atom is -0.493 e. The van der Waals surface area contributed by atoms with Crippen LogP contribution in [0.2, 0.25) is 0 Å². The summed E-state index contributed by atoms with van der Waals surface area (Å²) in [6.07, 6.45) is 1.92. The van der Waals surface area contributed by atoms with Crippen LogP contribution in [0.15, 0.2) is 59.0 Å². The lowest BCUT2D eigenvalue weighted by atomic mass is 10.1. The van der Waals surface area contributed by atoms with Crippen LogP contribution in [0.5, 0.6) is 17.2 Å². The molecule has 0 N–H and O–H groups in total. The van der Waals surface area contributed by atoms with E-state index in [4.69, 9.17) is 14.2 Å². The molecule has 0 aliphatic carbocycles. The smallest absolute Gasteiger partial charge is 0.279 e. The van der Waals surface area contributed by atoms with Crippen molar-refractivity contribution in [2.45, 2.75) is 6.54 Å². The van der Waals surface area contributed by atoms with E-state index >= 15 is 0 Å². The Hall–Kier alpha value is -3.06. The summed E-state index contributed by atoms with van der Waals surface area (Å²) in [6.45, 7) is 0.645. The first-order chi connectivity index (χ1) is 13.2. The molecule has 0 aliphatic heterocycles. The molecule has 0 radical (unpaired) electrons. The molecular weight excluding hydrogens is 364 g/mol. The molecule has 2 aromatic carbocycles. The van der Waals surface area contributed by atoms with Gasteiger partial charge in [0.2, 0.25) is 5.75 Å². The predicted molar refractivity (Wildman–Crippen MR) is 104 cm³/mol. The largest absolute Gasteiger partial charge is 0.493 e. The molecular formula is C20H20N2O4S. The summed E-state index contributed by atoms with van der Waals surface area (Å²) in [4.78, 5) is 17.6. The highest BCUT2D eigenvalue weighted by Crippen LogP contribution is 2.38. The number of rotatable bonds is 6. The van der Waals surface area contributed by atoms with E-state index in [9.17, 15) is 4.79 Å². The van der Waals surface area contributed by atoms with E-state index < -0.39 is 0 Å². The Morgan fingerprint density at radius 1 is 1.04 bits per heavy atom. The minimum atomic E-state index is -0.376. The maximum absolute atomic E-state index is 12.7. The molecule has 1 heterocycles. The van der Waals surface area contributed by atoms with Crippen molar-refractivity contribution in [1.29, 1.82) is 0 Å². The minimum absolute atomic E-state index is 0.365. The van der Waals surface area contributed by atoms with E-state index in [0.29, 0.717) is 34.2 Å². The average molecular weight is 384 g/mol. The fraction of sp³-hybridized carbons (Fsp3) is 0.200. The molecule has 1 aromatic heterocycles. The monoisotopic (exact) mass is 384 g/mol. The molecule has 0 spiro atoms. The molecule has 140 valence electrons. The van der Waals surface area contributed by atoms with Crippen LogP contribution >= 0.6 is 11.3 Å². The van der Waals surface area contributed by atoms with Crippen molar-refractivity contribution in [2.24, 2.45) is 4.99 Å². The number of aromatic nitrogens is 1. The molecule has 0 aliphatic rings. The van der Waals surface area contributed by atoms with Gasteiger partial charge in [-0.1, -0.05) is 30.3 Å². The van der Waals surface area contributed by atoms with E-state index in [1.165, 1.54) is 32.7 Å². The van der Waals surface area contributed by atoms with Gasteiger partial charge in [0.25, 0.3) is 5.91 Å². The Labute approximate surface area is 161 Å². The second-order valence-electron chi connectivity index (χ2n) is 5.63. The second kappa shape index (κ2) is 8.55. The highest BCUT2D eigenvalue weighted by atomic mass is 32.1. The molecule has 0 bridgehead atoms. The Balaban J connectivity index is 1.95. The number of methoxy groups -OCH3 is 3. The van der Waals surface area contributed by atoms with Gasteiger partial charge in [-0.3, -0.25) is 4.79 Å². The Morgan fingerprint density at radius 3 is 2.30 bits per heavy atom. The van der Waals surface area contributed by atoms with E-state index in [1.54, 1.807) is 12.1 Å². The molecule has 0 saturated heterocycles. The number of amides is 1. The first kappa shape index (κ1) is 18.7. The van der Waals surface area contributed by atoms with Crippen molar-refractivity contribution in [3.63, 3.8) is 0 Å². The Bertz CT molecular complexity index is 967. The lowest BCUT2D eigenvalue weighted by Crippen LogP contribution is -2.17. The van der Waals surface area contributed by atoms with E-state index in [-0.39, 0.29) is 5.91 Å². The summed E-state index contributed by atoms with van der Waals surface area (Å²) in [5, 5.41) is 1.91. The maximum Gasteiger partial charge on any atom is 0.279 e. The van der Waals surface area contributed by atoms with E-state index in [2.05, 4.69) is 4.99 Å². The Kier molecular flexibility index (Phi) is 5.93. The van der Waals surface area contributed by atoms with E-state index in [0.717, 1.165) is 5.56 Å². The van der Waals surface area contributed by atoms with Crippen molar-refractivity contribution >= 4 is 17.2 Å². The third-order valence-corrected chi connectivity index (χ3v) is 4.76. The standard InChI is InChI=1S/C20H20N2O4S/c1-24-16-11-15(12-17(25-2)18(16)26-3)19(23)21-20-22(9-10-27-20)13-14-7-5-4-6-8-14/h4-12H,13H2,1-3H3. The zero-order valence-corrected chi connectivity index (χ0v) is 16.2. The van der Waals surface area contributed by atoms with Gasteiger partial charge >= 0.3 is 0 Å². The number of ether oxygens (including phenoxy) is 3. The highest BCUT2D eigenvalue weighted by molar-refractivity contribution is 7.07. The quantitative estimate of drug-likeness (QED) is 0.654. The van der Waals surface area contributed by atoms with Crippen molar-refractivity contribution in [3.05, 3.63) is 70.0 Å². The van der Waals surface area contributed by atoms with Crippen LogP contribution in [-0.2, 0) is 6.54 Å². The number of hydrogen-bond acceptors (Lipinski definition) is 5. The predicted octanol–water partition coefficient (Wildman–Crippen LogP) is 3.36. The summed E-state index contributed by atoms with van der Waals surface area (Å²) >= 11 is 1.41. The van der Waals surface area contributed by atoms with Crippen LogP contribution in [0.3, 0.4) is 0 Å². The molecule has 7 heteroatoms. The normalized spacial score (nSPS) is 11.3. The SMILES string of the molecule is COc1cc(C(=O)N=c2sccn2Cc2ccccc2)cc(OC)c1OC. The number of benzene rings is 2. The lowest BCUT2D eigenvalue weighted by Gasteiger charge is -2.12. The van der Waals surface area contributed by atoms with Gasteiger partial charge in [0.15, 0.2) is 16.3 Å². The summed E-state index contributed by atoms with van der Waals surface area (Å²) in [6, 6.07) is 13.2. The fourth-order valence-corrected chi connectivity index (χ4v) is 3.37. The molecule has 0 saturated carbocycles. The molecule has 0 unspecified atom stereocenters. The summed E-state index contributed by atoms with van der Waals surface area (Å²) in [5.41, 5.74) is 1.50. The van der Waals surface area contributed by atoms with Gasteiger partial charge < -0.3 is 18.8 Å². The number of carbonyl (C=O) groups is 1. The van der Waals surface area contributed by atoms with Gasteiger partial charge in [0, 0.05) is 23.7 Å². The molecule has 0 atom stereocenters. The molecule has 27 heavy (non-hydrogen) atoms. The highest BCUT2D eigenvalue weighted by Gasteiger charge is 2.16. The van der Waals surface area contributed by atoms with E-state index in [1.807, 2.05) is 46.5 Å². The first-order valence-electron chi connectivity index (χ1n) is 8.23. The molecule has 0 fully saturated rings. The van der Waals surface area contributed by atoms with Crippen molar-refractivity contribution in [2.75, 3.05) is 21.3 Å². The van der Waals surface area contributed by atoms with Gasteiger partial charge in [-0.15, -0.1) is 11.3 Å². The zero-order chi connectivity index (χ0) is 19.2. The summed E-state index contributed by atoms with van der Waals surface area (Å²) in [7, 11) is 4.54. The topological polar surface area (TPSA) is 62.0 Å². The second-order valence-corrected chi connectivity index (χ2v) is 6.50. The van der Waals surface area contributed by atoms with Gasteiger partial charge in [-0.05, 0) is 17.7 Å². The van der Waals surface area contributed by atoms with Gasteiger partial charge in [-0.25, -0.2) is 0 Å². The van der Waals surface area contributed by atoms with Crippen LogP contribution in [0, 0.1) is 0 Å². The van der Waals surface area contributed by atoms with Gasteiger partial charge in [0.1, 0.15) is 0 Å². The molecule has 1 amide bonds. The molecule has 6 nitrogen and oxygen atoms in total. The van der Waals surface area contributed by atoms with Crippen LogP contribution < -0.4 is 19.0 Å². The molecule has 3 rings (SSSR count). The summed E-state index contributed by atoms with van der Waals surface area (Å²) < 4.78 is 17.8. The van der Waals surface area contributed by atoms with Crippen LogP contribution in [0.4, 0.5) is 0 Å². The number of thiazole rings is 1. The maximum atomic E-state index is 12.7. The first-order valence-corrected chi connectivity index (χ1v) is 9.11. The van der Waals surface area contributed by atoms with Crippen LogP contribution in [-0.4, -0.2) is 31.8 Å². The third-order valence-electron chi connectivity index (χ3n) is 3.96. The van der Waals surface area contributed by atoms with Gasteiger partial charge in [0.05, 0.1) is 21.3 Å². The van der Waals surface area contributed by atoms with Crippen LogP contribution in [0.25, 0.3) is 0 Å².